The molecule has 1 heterocycles. The average molecular weight is 293 g/mol. The Hall–Kier alpha value is -1.51. The third kappa shape index (κ3) is 2.22. The van der Waals surface area contributed by atoms with E-state index in [2.05, 4.69) is 0 Å². The molecule has 0 fully saturated rings. The van der Waals surface area contributed by atoms with E-state index in [1.54, 1.807) is 24.3 Å². The molecule has 0 saturated heterocycles. The molecule has 0 radical (unpaired) electrons. The maximum atomic E-state index is 12.1. The summed E-state index contributed by atoms with van der Waals surface area (Å²) in [6.45, 7) is 0. The van der Waals surface area contributed by atoms with Crippen LogP contribution >= 0.6 is 23.2 Å². The molecule has 96 valence electrons. The molecule has 2 nitrogen and oxygen atoms in total. The standard InChI is InChI=1S/C15H10Cl2O2/c16-11-6-3-5-10(15(11)17)14-8-12(18)9-4-1-2-7-13(9)19-14/h1-7,14H,8H2. The van der Waals surface area contributed by atoms with Crippen LogP contribution < -0.4 is 4.74 Å². The summed E-state index contributed by atoms with van der Waals surface area (Å²) in [7, 11) is 0. The first kappa shape index (κ1) is 12.5. The quantitative estimate of drug-likeness (QED) is 0.761. The zero-order chi connectivity index (χ0) is 13.4. The van der Waals surface area contributed by atoms with Crippen LogP contribution in [0.2, 0.25) is 10.0 Å². The molecule has 0 spiro atoms. The van der Waals surface area contributed by atoms with E-state index in [1.165, 1.54) is 0 Å². The second kappa shape index (κ2) is 4.87. The fourth-order valence-electron chi connectivity index (χ4n) is 2.22. The minimum Gasteiger partial charge on any atom is -0.484 e. The Morgan fingerprint density at radius 3 is 2.68 bits per heavy atom. The van der Waals surface area contributed by atoms with Gasteiger partial charge in [0, 0.05) is 5.56 Å². The number of para-hydroxylation sites is 1. The second-order valence-corrected chi connectivity index (χ2v) is 5.16. The van der Waals surface area contributed by atoms with Gasteiger partial charge in [0.2, 0.25) is 0 Å². The second-order valence-electron chi connectivity index (χ2n) is 4.37. The van der Waals surface area contributed by atoms with E-state index in [4.69, 9.17) is 27.9 Å². The molecule has 1 aliphatic heterocycles. The Morgan fingerprint density at radius 1 is 1.05 bits per heavy atom. The van der Waals surface area contributed by atoms with Crippen molar-refractivity contribution in [2.24, 2.45) is 0 Å². The zero-order valence-corrected chi connectivity index (χ0v) is 11.4. The van der Waals surface area contributed by atoms with Crippen LogP contribution in [-0.2, 0) is 0 Å². The van der Waals surface area contributed by atoms with Gasteiger partial charge in [-0.1, -0.05) is 47.5 Å². The Kier molecular flexibility index (Phi) is 3.21. The van der Waals surface area contributed by atoms with E-state index < -0.39 is 0 Å². The Morgan fingerprint density at radius 2 is 1.84 bits per heavy atom. The fraction of sp³-hybridized carbons (Fsp3) is 0.133. The van der Waals surface area contributed by atoms with E-state index in [0.29, 0.717) is 21.4 Å². The summed E-state index contributed by atoms with van der Waals surface area (Å²) in [4.78, 5) is 12.1. The van der Waals surface area contributed by atoms with Gasteiger partial charge in [-0.05, 0) is 18.2 Å². The maximum absolute atomic E-state index is 12.1. The summed E-state index contributed by atoms with van der Waals surface area (Å²) in [5, 5.41) is 0.912. The summed E-state index contributed by atoms with van der Waals surface area (Å²) in [6, 6.07) is 12.6. The number of hydrogen-bond donors (Lipinski definition) is 0. The molecule has 1 atom stereocenters. The van der Waals surface area contributed by atoms with E-state index in [-0.39, 0.29) is 18.3 Å². The lowest BCUT2D eigenvalue weighted by Crippen LogP contribution is -2.20. The van der Waals surface area contributed by atoms with Gasteiger partial charge in [-0.15, -0.1) is 0 Å². The number of rotatable bonds is 1. The topological polar surface area (TPSA) is 26.3 Å². The van der Waals surface area contributed by atoms with Crippen LogP contribution in [0.3, 0.4) is 0 Å². The number of halogens is 2. The highest BCUT2D eigenvalue weighted by Crippen LogP contribution is 2.38. The van der Waals surface area contributed by atoms with Gasteiger partial charge in [-0.25, -0.2) is 0 Å². The third-order valence-electron chi connectivity index (χ3n) is 3.16. The molecule has 19 heavy (non-hydrogen) atoms. The first-order valence-electron chi connectivity index (χ1n) is 5.89. The Labute approximate surface area is 120 Å². The lowest BCUT2D eigenvalue weighted by molar-refractivity contribution is 0.0850. The molecule has 0 saturated carbocycles. The molecule has 0 aliphatic carbocycles. The van der Waals surface area contributed by atoms with Crippen LogP contribution in [0.1, 0.15) is 28.4 Å². The molecule has 0 aromatic heterocycles. The lowest BCUT2D eigenvalue weighted by atomic mass is 9.96. The summed E-state index contributed by atoms with van der Waals surface area (Å²) in [5.74, 6) is 0.655. The highest BCUT2D eigenvalue weighted by atomic mass is 35.5. The molecular weight excluding hydrogens is 283 g/mol. The molecule has 0 bridgehead atoms. The molecule has 2 aromatic carbocycles. The van der Waals surface area contributed by atoms with Crippen molar-refractivity contribution in [3.05, 3.63) is 63.6 Å². The van der Waals surface area contributed by atoms with Crippen LogP contribution in [0, 0.1) is 0 Å². The molecule has 1 aliphatic rings. The van der Waals surface area contributed by atoms with Crippen molar-refractivity contribution in [3.8, 4) is 5.75 Å². The lowest BCUT2D eigenvalue weighted by Gasteiger charge is -2.26. The first-order valence-corrected chi connectivity index (χ1v) is 6.65. The van der Waals surface area contributed by atoms with Crippen molar-refractivity contribution in [1.29, 1.82) is 0 Å². The molecule has 3 rings (SSSR count). The summed E-state index contributed by atoms with van der Waals surface area (Å²) >= 11 is 12.2. The number of hydrogen-bond acceptors (Lipinski definition) is 2. The molecular formula is C15H10Cl2O2. The van der Waals surface area contributed by atoms with E-state index in [1.807, 2.05) is 18.2 Å². The van der Waals surface area contributed by atoms with Crippen molar-refractivity contribution in [2.45, 2.75) is 12.5 Å². The monoisotopic (exact) mass is 292 g/mol. The number of fused-ring (bicyclic) bond motifs is 1. The zero-order valence-electron chi connectivity index (χ0n) is 9.90. The number of carbonyl (C=O) groups is 1. The highest BCUT2D eigenvalue weighted by Gasteiger charge is 2.28. The number of benzene rings is 2. The predicted molar refractivity (Wildman–Crippen MR) is 75.2 cm³/mol. The summed E-state index contributed by atoms with van der Waals surface area (Å²) in [6.07, 6.45) is -0.106. The normalized spacial score (nSPS) is 17.8. The van der Waals surface area contributed by atoms with Gasteiger partial charge in [0.25, 0.3) is 0 Å². The Bertz CT molecular complexity index is 652. The summed E-state index contributed by atoms with van der Waals surface area (Å²) < 4.78 is 5.86. The van der Waals surface area contributed by atoms with Crippen LogP contribution in [0.25, 0.3) is 0 Å². The van der Waals surface area contributed by atoms with Crippen molar-refractivity contribution in [1.82, 2.24) is 0 Å². The van der Waals surface area contributed by atoms with Gasteiger partial charge >= 0.3 is 0 Å². The van der Waals surface area contributed by atoms with Crippen LogP contribution in [0.4, 0.5) is 0 Å². The Balaban J connectivity index is 2.02. The predicted octanol–water partition coefficient (Wildman–Crippen LogP) is 4.70. The molecule has 4 heteroatoms. The maximum Gasteiger partial charge on any atom is 0.170 e. The fourth-order valence-corrected chi connectivity index (χ4v) is 2.65. The summed E-state index contributed by atoms with van der Waals surface area (Å²) in [5.41, 5.74) is 1.37. The first-order chi connectivity index (χ1) is 9.16. The number of ether oxygens (including phenoxy) is 1. The molecule has 2 aromatic rings. The van der Waals surface area contributed by atoms with E-state index in [9.17, 15) is 4.79 Å². The average Bonchev–Trinajstić information content (AvgIpc) is 2.42. The van der Waals surface area contributed by atoms with E-state index in [0.717, 1.165) is 5.56 Å². The van der Waals surface area contributed by atoms with Crippen molar-refractivity contribution in [3.63, 3.8) is 0 Å². The largest absolute Gasteiger partial charge is 0.484 e. The molecule has 1 unspecified atom stereocenters. The molecule has 0 N–H and O–H groups in total. The van der Waals surface area contributed by atoms with Crippen molar-refractivity contribution < 1.29 is 9.53 Å². The number of carbonyl (C=O) groups excluding carboxylic acids is 1. The van der Waals surface area contributed by atoms with Gasteiger partial charge in [0.1, 0.15) is 11.9 Å². The van der Waals surface area contributed by atoms with Gasteiger partial charge in [-0.3, -0.25) is 4.79 Å². The smallest absolute Gasteiger partial charge is 0.170 e. The van der Waals surface area contributed by atoms with E-state index >= 15 is 0 Å². The highest BCUT2D eigenvalue weighted by molar-refractivity contribution is 6.42. The van der Waals surface area contributed by atoms with Gasteiger partial charge in [0.05, 0.1) is 22.0 Å². The van der Waals surface area contributed by atoms with Crippen molar-refractivity contribution >= 4 is 29.0 Å². The minimum atomic E-state index is -0.381. The van der Waals surface area contributed by atoms with Crippen molar-refractivity contribution in [2.75, 3.05) is 0 Å². The van der Waals surface area contributed by atoms with Crippen LogP contribution in [0.15, 0.2) is 42.5 Å². The van der Waals surface area contributed by atoms with Crippen LogP contribution in [-0.4, -0.2) is 5.78 Å². The van der Waals surface area contributed by atoms with Gasteiger partial charge in [-0.2, -0.15) is 0 Å². The number of ketones is 1. The minimum absolute atomic E-state index is 0.0582. The number of Topliss-reactive ketones (excluding diaryl/α,β-unsaturated/α-hetero) is 1. The third-order valence-corrected chi connectivity index (χ3v) is 3.99. The SMILES string of the molecule is O=C1CC(c2cccc(Cl)c2Cl)Oc2ccccc21. The molecule has 0 amide bonds. The van der Waals surface area contributed by atoms with Crippen LogP contribution in [0.5, 0.6) is 5.75 Å². The van der Waals surface area contributed by atoms with Gasteiger partial charge < -0.3 is 4.74 Å². The van der Waals surface area contributed by atoms with Gasteiger partial charge in [0.15, 0.2) is 5.78 Å².